The highest BCUT2D eigenvalue weighted by molar-refractivity contribution is 7.92. The normalized spacial score (nSPS) is 16.6. The van der Waals surface area contributed by atoms with Gasteiger partial charge < -0.3 is 11.1 Å². The summed E-state index contributed by atoms with van der Waals surface area (Å²) in [7, 11) is -3.29. The molecule has 0 aliphatic heterocycles. The lowest BCUT2D eigenvalue weighted by molar-refractivity contribution is -0.124. The molecule has 8 heteroatoms. The summed E-state index contributed by atoms with van der Waals surface area (Å²) >= 11 is 0. The van der Waals surface area contributed by atoms with Crippen molar-refractivity contribution in [2.24, 2.45) is 11.1 Å². The molecule has 6 nitrogen and oxygen atoms in total. The van der Waals surface area contributed by atoms with Gasteiger partial charge in [-0.25, -0.2) is 8.42 Å². The third-order valence-electron chi connectivity index (χ3n) is 3.88. The lowest BCUT2D eigenvalue weighted by Gasteiger charge is -2.25. The molecule has 1 aliphatic rings. The van der Waals surface area contributed by atoms with E-state index in [-0.39, 0.29) is 18.3 Å². The van der Waals surface area contributed by atoms with Gasteiger partial charge in [0.05, 0.1) is 11.7 Å². The first-order valence-electron chi connectivity index (χ1n) is 6.94. The largest absolute Gasteiger partial charge is 0.329 e. The minimum Gasteiger partial charge on any atom is -0.329 e. The summed E-state index contributed by atoms with van der Waals surface area (Å²) in [5.41, 5.74) is 6.43. The van der Waals surface area contributed by atoms with Gasteiger partial charge in [-0.1, -0.05) is 12.8 Å². The molecule has 2 rings (SSSR count). The second kappa shape index (κ2) is 7.30. The van der Waals surface area contributed by atoms with Crippen molar-refractivity contribution in [2.45, 2.75) is 25.7 Å². The predicted octanol–water partition coefficient (Wildman–Crippen LogP) is 1.94. The second-order valence-corrected chi connectivity index (χ2v) is 7.35. The second-order valence-electron chi connectivity index (χ2n) is 5.60. The Balaban J connectivity index is 0.00000242. The Morgan fingerprint density at radius 3 is 2.14 bits per heavy atom. The number of rotatable bonds is 5. The van der Waals surface area contributed by atoms with E-state index >= 15 is 0 Å². The minimum atomic E-state index is -3.29. The van der Waals surface area contributed by atoms with E-state index < -0.39 is 15.4 Å². The monoisotopic (exact) mass is 347 g/mol. The first kappa shape index (κ1) is 18.7. The fourth-order valence-electron chi connectivity index (χ4n) is 2.68. The van der Waals surface area contributed by atoms with E-state index in [1.165, 1.54) is 0 Å². The van der Waals surface area contributed by atoms with Gasteiger partial charge in [-0.15, -0.1) is 12.4 Å². The van der Waals surface area contributed by atoms with Gasteiger partial charge in [0.2, 0.25) is 15.9 Å². The van der Waals surface area contributed by atoms with Gasteiger partial charge in [-0.05, 0) is 37.1 Å². The van der Waals surface area contributed by atoms with Crippen molar-refractivity contribution in [3.63, 3.8) is 0 Å². The zero-order valence-corrected chi connectivity index (χ0v) is 14.1. The molecule has 1 aromatic rings. The molecule has 0 saturated heterocycles. The summed E-state index contributed by atoms with van der Waals surface area (Å²) in [6.07, 6.45) is 4.80. The van der Waals surface area contributed by atoms with Crippen LogP contribution in [0, 0.1) is 5.41 Å². The highest BCUT2D eigenvalue weighted by Crippen LogP contribution is 2.38. The number of hydrogen-bond acceptors (Lipinski definition) is 4. The van der Waals surface area contributed by atoms with Crippen LogP contribution in [-0.4, -0.2) is 27.1 Å². The van der Waals surface area contributed by atoms with Crippen LogP contribution in [-0.2, 0) is 14.8 Å². The zero-order chi connectivity index (χ0) is 15.5. The molecule has 0 unspecified atom stereocenters. The van der Waals surface area contributed by atoms with Gasteiger partial charge in [0.1, 0.15) is 0 Å². The Hall–Kier alpha value is -1.31. The zero-order valence-electron chi connectivity index (χ0n) is 12.5. The van der Waals surface area contributed by atoms with E-state index in [2.05, 4.69) is 10.0 Å². The number of nitrogens with one attached hydrogen (secondary N) is 2. The molecule has 1 saturated carbocycles. The molecular formula is C14H22ClN3O3S. The van der Waals surface area contributed by atoms with Crippen molar-refractivity contribution in [2.75, 3.05) is 22.8 Å². The maximum Gasteiger partial charge on any atom is 0.231 e. The van der Waals surface area contributed by atoms with Gasteiger partial charge in [0, 0.05) is 17.9 Å². The van der Waals surface area contributed by atoms with Crippen molar-refractivity contribution < 1.29 is 13.2 Å². The smallest absolute Gasteiger partial charge is 0.231 e. The van der Waals surface area contributed by atoms with Crippen LogP contribution in [0.3, 0.4) is 0 Å². The molecule has 0 atom stereocenters. The summed E-state index contributed by atoms with van der Waals surface area (Å²) in [5, 5.41) is 2.87. The topological polar surface area (TPSA) is 101 Å². The number of carbonyl (C=O) groups is 1. The minimum absolute atomic E-state index is 0. The van der Waals surface area contributed by atoms with Gasteiger partial charge in [-0.2, -0.15) is 0 Å². The average Bonchev–Trinajstić information content (AvgIpc) is 2.89. The summed E-state index contributed by atoms with van der Waals surface area (Å²) in [6, 6.07) is 6.57. The number of halogens is 1. The van der Waals surface area contributed by atoms with Crippen LogP contribution in [0.25, 0.3) is 0 Å². The van der Waals surface area contributed by atoms with Gasteiger partial charge in [-0.3, -0.25) is 9.52 Å². The molecule has 1 fully saturated rings. The van der Waals surface area contributed by atoms with E-state index in [9.17, 15) is 13.2 Å². The molecule has 1 amide bonds. The fraction of sp³-hybridized carbons (Fsp3) is 0.500. The Bertz CT molecular complexity index is 611. The quantitative estimate of drug-likeness (QED) is 0.757. The molecule has 1 aromatic carbocycles. The Kier molecular flexibility index (Phi) is 6.22. The molecule has 0 bridgehead atoms. The number of amides is 1. The van der Waals surface area contributed by atoms with Crippen molar-refractivity contribution in [1.82, 2.24) is 0 Å². The Morgan fingerprint density at radius 1 is 1.18 bits per heavy atom. The molecule has 22 heavy (non-hydrogen) atoms. The van der Waals surface area contributed by atoms with Crippen LogP contribution < -0.4 is 15.8 Å². The molecular weight excluding hydrogens is 326 g/mol. The van der Waals surface area contributed by atoms with Gasteiger partial charge in [0.15, 0.2) is 0 Å². The first-order chi connectivity index (χ1) is 9.85. The van der Waals surface area contributed by atoms with E-state index in [1.807, 2.05) is 0 Å². The Morgan fingerprint density at radius 2 is 1.68 bits per heavy atom. The summed E-state index contributed by atoms with van der Waals surface area (Å²) in [5.74, 6) is -0.0497. The fourth-order valence-corrected chi connectivity index (χ4v) is 3.24. The lowest BCUT2D eigenvalue weighted by atomic mass is 9.85. The summed E-state index contributed by atoms with van der Waals surface area (Å²) in [4.78, 5) is 12.4. The van der Waals surface area contributed by atoms with Crippen LogP contribution in [0.2, 0.25) is 0 Å². The predicted molar refractivity (Wildman–Crippen MR) is 90.7 cm³/mol. The molecule has 0 spiro atoms. The highest BCUT2D eigenvalue weighted by atomic mass is 35.5. The standard InChI is InChI=1S/C14H21N3O3S.ClH/c1-21(19,20)17-12-6-4-11(5-7-12)16-13(18)14(10-15)8-2-3-9-14;/h4-7,17H,2-3,8-10,15H2,1H3,(H,16,18);1H. The highest BCUT2D eigenvalue weighted by Gasteiger charge is 2.39. The van der Waals surface area contributed by atoms with Crippen LogP contribution in [0.1, 0.15) is 25.7 Å². The SMILES string of the molecule is CS(=O)(=O)Nc1ccc(NC(=O)C2(CN)CCCC2)cc1.Cl. The van der Waals surface area contributed by atoms with Gasteiger partial charge >= 0.3 is 0 Å². The van der Waals surface area contributed by atoms with Crippen molar-refractivity contribution in [3.05, 3.63) is 24.3 Å². The number of nitrogens with two attached hydrogens (primary N) is 1. The van der Waals surface area contributed by atoms with Crippen molar-refractivity contribution in [3.8, 4) is 0 Å². The van der Waals surface area contributed by atoms with Crippen molar-refractivity contribution >= 4 is 39.7 Å². The average molecular weight is 348 g/mol. The Labute approximate surface area is 137 Å². The van der Waals surface area contributed by atoms with Crippen LogP contribution in [0.15, 0.2) is 24.3 Å². The molecule has 0 radical (unpaired) electrons. The number of sulfonamides is 1. The lowest BCUT2D eigenvalue weighted by Crippen LogP contribution is -2.40. The number of hydrogen-bond donors (Lipinski definition) is 3. The maximum absolute atomic E-state index is 12.4. The van der Waals surface area contributed by atoms with E-state index in [0.717, 1.165) is 31.9 Å². The van der Waals surface area contributed by atoms with Crippen molar-refractivity contribution in [1.29, 1.82) is 0 Å². The maximum atomic E-state index is 12.4. The van der Waals surface area contributed by atoms with Crippen LogP contribution in [0.4, 0.5) is 11.4 Å². The van der Waals surface area contributed by atoms with Gasteiger partial charge in [0.25, 0.3) is 0 Å². The number of benzene rings is 1. The van der Waals surface area contributed by atoms with Crippen LogP contribution >= 0.6 is 12.4 Å². The molecule has 4 N–H and O–H groups in total. The summed E-state index contributed by atoms with van der Waals surface area (Å²) < 4.78 is 24.6. The molecule has 124 valence electrons. The first-order valence-corrected chi connectivity index (χ1v) is 8.83. The van der Waals surface area contributed by atoms with Crippen LogP contribution in [0.5, 0.6) is 0 Å². The summed E-state index contributed by atoms with van der Waals surface area (Å²) in [6.45, 7) is 0.354. The third kappa shape index (κ3) is 4.59. The molecule has 1 aliphatic carbocycles. The number of anilines is 2. The van der Waals surface area contributed by atoms with E-state index in [4.69, 9.17) is 5.73 Å². The molecule has 0 heterocycles. The number of carbonyl (C=O) groups excluding carboxylic acids is 1. The van der Waals surface area contributed by atoms with E-state index in [0.29, 0.717) is 17.9 Å². The third-order valence-corrected chi connectivity index (χ3v) is 4.49. The molecule has 0 aromatic heterocycles. The van der Waals surface area contributed by atoms with E-state index in [1.54, 1.807) is 24.3 Å².